The Morgan fingerprint density at radius 2 is 2.54 bits per heavy atom. The maximum absolute atomic E-state index is 10.2. The van der Waals surface area contributed by atoms with Crippen molar-refractivity contribution in [2.24, 2.45) is 0 Å². The summed E-state index contributed by atoms with van der Waals surface area (Å²) in [6.45, 7) is 1.68. The standard InChI is InChI=1S/C8H14N4O/c1-12-4-2-3-8(13,6-12)7-5-9-11-10-7/h5,13H,2-4,6H2,1H3,(H,9,10,11). The van der Waals surface area contributed by atoms with Crippen LogP contribution in [0, 0.1) is 0 Å². The van der Waals surface area contributed by atoms with Crippen LogP contribution in [0.25, 0.3) is 0 Å². The molecule has 1 aliphatic heterocycles. The van der Waals surface area contributed by atoms with Crippen molar-refractivity contribution in [1.29, 1.82) is 0 Å². The van der Waals surface area contributed by atoms with E-state index < -0.39 is 5.60 Å². The van der Waals surface area contributed by atoms with Crippen LogP contribution in [0.5, 0.6) is 0 Å². The molecule has 0 saturated carbocycles. The van der Waals surface area contributed by atoms with Gasteiger partial charge in [-0.25, -0.2) is 0 Å². The van der Waals surface area contributed by atoms with Crippen molar-refractivity contribution >= 4 is 0 Å². The molecule has 0 bridgehead atoms. The van der Waals surface area contributed by atoms with Crippen molar-refractivity contribution in [3.8, 4) is 0 Å². The highest BCUT2D eigenvalue weighted by atomic mass is 16.3. The number of likely N-dealkylation sites (tertiary alicyclic amines) is 1. The quantitative estimate of drug-likeness (QED) is 0.627. The molecule has 2 rings (SSSR count). The van der Waals surface area contributed by atoms with Crippen molar-refractivity contribution in [2.45, 2.75) is 18.4 Å². The average molecular weight is 182 g/mol. The zero-order valence-electron chi connectivity index (χ0n) is 7.69. The molecule has 1 saturated heterocycles. The van der Waals surface area contributed by atoms with Gasteiger partial charge in [0.1, 0.15) is 11.3 Å². The summed E-state index contributed by atoms with van der Waals surface area (Å²) in [5, 5.41) is 20.4. The van der Waals surface area contributed by atoms with Crippen molar-refractivity contribution in [2.75, 3.05) is 20.1 Å². The number of aromatic amines is 1. The molecule has 72 valence electrons. The Hall–Kier alpha value is -0.940. The second-order valence-corrected chi connectivity index (χ2v) is 3.73. The summed E-state index contributed by atoms with van der Waals surface area (Å²) < 4.78 is 0. The summed E-state index contributed by atoms with van der Waals surface area (Å²) in [5.74, 6) is 0. The molecular formula is C8H14N4O. The summed E-state index contributed by atoms with van der Waals surface area (Å²) in [6.07, 6.45) is 3.36. The third kappa shape index (κ3) is 1.57. The molecule has 1 aromatic heterocycles. The van der Waals surface area contributed by atoms with Crippen LogP contribution >= 0.6 is 0 Å². The molecule has 1 aromatic rings. The Balaban J connectivity index is 2.20. The Morgan fingerprint density at radius 3 is 3.15 bits per heavy atom. The molecule has 5 nitrogen and oxygen atoms in total. The molecular weight excluding hydrogens is 168 g/mol. The van der Waals surface area contributed by atoms with Gasteiger partial charge in [-0.15, -0.1) is 0 Å². The minimum absolute atomic E-state index is 0.638. The molecule has 5 heteroatoms. The first kappa shape index (κ1) is 8.65. The minimum Gasteiger partial charge on any atom is -0.382 e. The number of rotatable bonds is 1. The number of nitrogens with one attached hydrogen (secondary N) is 1. The summed E-state index contributed by atoms with van der Waals surface area (Å²) >= 11 is 0. The van der Waals surface area contributed by atoms with Gasteiger partial charge in [-0.3, -0.25) is 0 Å². The van der Waals surface area contributed by atoms with Crippen molar-refractivity contribution in [3.05, 3.63) is 11.9 Å². The zero-order valence-corrected chi connectivity index (χ0v) is 7.69. The van der Waals surface area contributed by atoms with E-state index >= 15 is 0 Å². The molecule has 1 aliphatic rings. The van der Waals surface area contributed by atoms with Gasteiger partial charge < -0.3 is 10.0 Å². The summed E-state index contributed by atoms with van der Waals surface area (Å²) in [4.78, 5) is 2.11. The topological polar surface area (TPSA) is 65.0 Å². The number of piperidine rings is 1. The number of aliphatic hydroxyl groups is 1. The van der Waals surface area contributed by atoms with E-state index in [2.05, 4.69) is 20.3 Å². The smallest absolute Gasteiger partial charge is 0.123 e. The third-order valence-electron chi connectivity index (χ3n) is 2.55. The lowest BCUT2D eigenvalue weighted by molar-refractivity contribution is -0.0312. The number of likely N-dealkylation sites (N-methyl/N-ethyl adjacent to an activating group) is 1. The molecule has 1 fully saturated rings. The fourth-order valence-corrected chi connectivity index (χ4v) is 1.88. The number of β-amino-alcohol motifs (C(OH)–C–C–N with tert-alkyl or cyclic N) is 1. The molecule has 0 amide bonds. The van der Waals surface area contributed by atoms with Crippen LogP contribution in [0.15, 0.2) is 6.20 Å². The van der Waals surface area contributed by atoms with Crippen LogP contribution in [0.2, 0.25) is 0 Å². The predicted octanol–water partition coefficient (Wildman–Crippen LogP) is -0.282. The normalized spacial score (nSPS) is 30.6. The van der Waals surface area contributed by atoms with Crippen LogP contribution in [-0.2, 0) is 5.60 Å². The van der Waals surface area contributed by atoms with Gasteiger partial charge in [-0.05, 0) is 26.4 Å². The fraction of sp³-hybridized carbons (Fsp3) is 0.750. The monoisotopic (exact) mass is 182 g/mol. The summed E-state index contributed by atoms with van der Waals surface area (Å²) in [7, 11) is 2.00. The van der Waals surface area contributed by atoms with E-state index in [9.17, 15) is 5.11 Å². The van der Waals surface area contributed by atoms with Crippen LogP contribution < -0.4 is 0 Å². The van der Waals surface area contributed by atoms with Gasteiger partial charge in [0.25, 0.3) is 0 Å². The van der Waals surface area contributed by atoms with E-state index in [0.29, 0.717) is 12.2 Å². The van der Waals surface area contributed by atoms with E-state index in [0.717, 1.165) is 19.4 Å². The fourth-order valence-electron chi connectivity index (χ4n) is 1.88. The third-order valence-corrected chi connectivity index (χ3v) is 2.55. The van der Waals surface area contributed by atoms with Gasteiger partial charge in [0, 0.05) is 6.54 Å². The molecule has 1 unspecified atom stereocenters. The van der Waals surface area contributed by atoms with Crippen molar-refractivity contribution in [3.63, 3.8) is 0 Å². The molecule has 0 aromatic carbocycles. The van der Waals surface area contributed by atoms with Gasteiger partial charge >= 0.3 is 0 Å². The maximum Gasteiger partial charge on any atom is 0.123 e. The Labute approximate surface area is 76.8 Å². The lowest BCUT2D eigenvalue weighted by atomic mass is 9.90. The zero-order chi connectivity index (χ0) is 9.31. The first-order chi connectivity index (χ1) is 6.21. The highest BCUT2D eigenvalue weighted by molar-refractivity contribution is 5.08. The van der Waals surface area contributed by atoms with E-state index in [1.54, 1.807) is 6.20 Å². The molecule has 1 atom stereocenters. The van der Waals surface area contributed by atoms with Crippen molar-refractivity contribution in [1.82, 2.24) is 20.3 Å². The van der Waals surface area contributed by atoms with Crippen LogP contribution in [0.4, 0.5) is 0 Å². The van der Waals surface area contributed by atoms with Crippen LogP contribution in [0.1, 0.15) is 18.5 Å². The Kier molecular flexibility index (Phi) is 2.05. The maximum atomic E-state index is 10.2. The van der Waals surface area contributed by atoms with E-state index in [1.165, 1.54) is 0 Å². The minimum atomic E-state index is -0.806. The molecule has 0 spiro atoms. The van der Waals surface area contributed by atoms with Gasteiger partial charge in [-0.1, -0.05) is 0 Å². The number of hydrogen-bond acceptors (Lipinski definition) is 4. The summed E-state index contributed by atoms with van der Waals surface area (Å²) in [6, 6.07) is 0. The van der Waals surface area contributed by atoms with E-state index in [1.807, 2.05) is 7.05 Å². The molecule has 2 heterocycles. The number of nitrogens with zero attached hydrogens (tertiary/aromatic N) is 3. The van der Waals surface area contributed by atoms with Gasteiger partial charge in [0.15, 0.2) is 0 Å². The highest BCUT2D eigenvalue weighted by Crippen LogP contribution is 2.28. The lowest BCUT2D eigenvalue weighted by Gasteiger charge is -2.35. The Morgan fingerprint density at radius 1 is 1.69 bits per heavy atom. The van der Waals surface area contributed by atoms with E-state index in [4.69, 9.17) is 0 Å². The van der Waals surface area contributed by atoms with Crippen LogP contribution in [0.3, 0.4) is 0 Å². The molecule has 13 heavy (non-hydrogen) atoms. The molecule has 0 aliphatic carbocycles. The van der Waals surface area contributed by atoms with Gasteiger partial charge in [-0.2, -0.15) is 15.4 Å². The number of H-pyrrole nitrogens is 1. The predicted molar refractivity (Wildman–Crippen MR) is 47.0 cm³/mol. The van der Waals surface area contributed by atoms with Crippen molar-refractivity contribution < 1.29 is 5.11 Å². The summed E-state index contributed by atoms with van der Waals surface area (Å²) in [5.41, 5.74) is -0.154. The van der Waals surface area contributed by atoms with Gasteiger partial charge in [0.2, 0.25) is 0 Å². The molecule has 2 N–H and O–H groups in total. The second kappa shape index (κ2) is 3.08. The number of hydrogen-bond donors (Lipinski definition) is 2. The first-order valence-corrected chi connectivity index (χ1v) is 4.48. The SMILES string of the molecule is CN1CCCC(O)(c2cn[nH]n2)C1. The van der Waals surface area contributed by atoms with Crippen LogP contribution in [-0.4, -0.2) is 45.6 Å². The second-order valence-electron chi connectivity index (χ2n) is 3.73. The largest absolute Gasteiger partial charge is 0.382 e. The number of aromatic nitrogens is 3. The molecule has 0 radical (unpaired) electrons. The first-order valence-electron chi connectivity index (χ1n) is 4.48. The average Bonchev–Trinajstić information content (AvgIpc) is 2.55. The lowest BCUT2D eigenvalue weighted by Crippen LogP contribution is -2.44. The Bertz CT molecular complexity index is 274. The van der Waals surface area contributed by atoms with E-state index in [-0.39, 0.29) is 0 Å². The van der Waals surface area contributed by atoms with Gasteiger partial charge in [0.05, 0.1) is 6.20 Å². The highest BCUT2D eigenvalue weighted by Gasteiger charge is 2.35.